The Bertz CT molecular complexity index is 478. The third kappa shape index (κ3) is 3.68. The summed E-state index contributed by atoms with van der Waals surface area (Å²) in [5.41, 5.74) is 0.895. The number of hydrogen-bond donors (Lipinski definition) is 0. The first-order chi connectivity index (χ1) is 8.49. The van der Waals surface area contributed by atoms with Gasteiger partial charge in [0, 0.05) is 10.9 Å². The van der Waals surface area contributed by atoms with Crippen LogP contribution in [0.1, 0.15) is 18.1 Å². The molecule has 0 saturated carbocycles. The number of alkyl halides is 1. The van der Waals surface area contributed by atoms with Crippen molar-refractivity contribution in [2.45, 2.75) is 18.7 Å². The fourth-order valence-corrected chi connectivity index (χ4v) is 2.26. The average Bonchev–Trinajstić information content (AvgIpc) is 2.27. The van der Waals surface area contributed by atoms with Gasteiger partial charge in [-0.25, -0.2) is 0 Å². The van der Waals surface area contributed by atoms with Crippen LogP contribution in [0.2, 0.25) is 5.02 Å². The van der Waals surface area contributed by atoms with Gasteiger partial charge in [-0.1, -0.05) is 27.5 Å². The highest BCUT2D eigenvalue weighted by Gasteiger charge is 2.20. The van der Waals surface area contributed by atoms with Crippen molar-refractivity contribution in [2.75, 3.05) is 6.61 Å². The number of rotatable bonds is 5. The number of halogens is 2. The molecule has 1 aromatic carbocycles. The number of nitrogens with zero attached hydrogens (tertiary/aromatic N) is 1. The molecule has 0 fully saturated rings. The second kappa shape index (κ2) is 6.70. The van der Waals surface area contributed by atoms with E-state index in [1.807, 2.05) is 0 Å². The summed E-state index contributed by atoms with van der Waals surface area (Å²) in [7, 11) is 0. The minimum Gasteiger partial charge on any atom is -0.466 e. The molecule has 0 aliphatic heterocycles. The molecule has 7 heteroatoms. The number of benzene rings is 1. The van der Waals surface area contributed by atoms with E-state index in [1.165, 1.54) is 6.07 Å². The summed E-state index contributed by atoms with van der Waals surface area (Å²) < 4.78 is 4.81. The largest absolute Gasteiger partial charge is 0.466 e. The van der Waals surface area contributed by atoms with Gasteiger partial charge in [0.25, 0.3) is 5.69 Å². The molecule has 0 amide bonds. The predicted octanol–water partition coefficient (Wildman–Crippen LogP) is 3.25. The molecule has 0 radical (unpaired) electrons. The van der Waals surface area contributed by atoms with Gasteiger partial charge in [0.2, 0.25) is 0 Å². The molecule has 0 aliphatic carbocycles. The lowest BCUT2D eigenvalue weighted by atomic mass is 10.1. The van der Waals surface area contributed by atoms with Crippen LogP contribution in [0.4, 0.5) is 5.69 Å². The fourth-order valence-electron chi connectivity index (χ4n) is 1.51. The van der Waals surface area contributed by atoms with E-state index in [4.69, 9.17) is 16.3 Å². The zero-order chi connectivity index (χ0) is 13.7. The molecular weight excluding hydrogens is 325 g/mol. The smallest absolute Gasteiger partial charge is 0.310 e. The summed E-state index contributed by atoms with van der Waals surface area (Å²) in [4.78, 5) is 21.6. The molecule has 0 N–H and O–H groups in total. The van der Waals surface area contributed by atoms with Gasteiger partial charge in [0.05, 0.1) is 18.0 Å². The highest BCUT2D eigenvalue weighted by molar-refractivity contribution is 9.08. The highest BCUT2D eigenvalue weighted by Crippen LogP contribution is 2.31. The topological polar surface area (TPSA) is 69.4 Å². The van der Waals surface area contributed by atoms with Crippen LogP contribution in [0, 0.1) is 10.1 Å². The molecule has 5 nitrogen and oxygen atoms in total. The molecule has 0 atom stereocenters. The predicted molar refractivity (Wildman–Crippen MR) is 71.1 cm³/mol. The molecule has 1 rings (SSSR count). The summed E-state index contributed by atoms with van der Waals surface area (Å²) in [5.74, 6) is -0.386. The van der Waals surface area contributed by atoms with Crippen molar-refractivity contribution in [3.8, 4) is 0 Å². The van der Waals surface area contributed by atoms with Crippen molar-refractivity contribution in [3.63, 3.8) is 0 Å². The van der Waals surface area contributed by atoms with Gasteiger partial charge < -0.3 is 4.74 Å². The lowest BCUT2D eigenvalue weighted by Crippen LogP contribution is -2.08. The third-order valence-electron chi connectivity index (χ3n) is 2.18. The quantitative estimate of drug-likeness (QED) is 0.358. The molecule has 18 heavy (non-hydrogen) atoms. The summed E-state index contributed by atoms with van der Waals surface area (Å²) in [6.07, 6.45) is 0.0472. The van der Waals surface area contributed by atoms with Gasteiger partial charge in [0.15, 0.2) is 0 Å². The van der Waals surface area contributed by atoms with Gasteiger partial charge in [-0.05, 0) is 24.6 Å². The van der Waals surface area contributed by atoms with E-state index in [-0.39, 0.29) is 23.1 Å². The van der Waals surface area contributed by atoms with Crippen LogP contribution < -0.4 is 0 Å². The molecule has 0 heterocycles. The first-order valence-corrected chi connectivity index (χ1v) is 6.66. The second-order valence-corrected chi connectivity index (χ2v) is 4.43. The lowest BCUT2D eigenvalue weighted by molar-refractivity contribution is -0.385. The van der Waals surface area contributed by atoms with E-state index in [0.29, 0.717) is 23.1 Å². The van der Waals surface area contributed by atoms with E-state index in [0.717, 1.165) is 0 Å². The first kappa shape index (κ1) is 14.9. The molecule has 0 unspecified atom stereocenters. The molecule has 0 aromatic heterocycles. The summed E-state index contributed by atoms with van der Waals surface area (Å²) >= 11 is 9.02. The Hall–Kier alpha value is -1.14. The van der Waals surface area contributed by atoms with Crippen LogP contribution in [0.3, 0.4) is 0 Å². The van der Waals surface area contributed by atoms with E-state index >= 15 is 0 Å². The summed E-state index contributed by atoms with van der Waals surface area (Å²) in [6, 6.07) is 3.00. The van der Waals surface area contributed by atoms with Crippen molar-refractivity contribution in [2.24, 2.45) is 0 Å². The number of nitro groups is 1. The second-order valence-electron chi connectivity index (χ2n) is 3.46. The Morgan fingerprint density at radius 3 is 2.72 bits per heavy atom. The Labute approximate surface area is 117 Å². The van der Waals surface area contributed by atoms with Gasteiger partial charge in [-0.2, -0.15) is 0 Å². The SMILES string of the molecule is CCOC(=O)Cc1cc(Cl)c([N+](=O)[O-])c(CBr)c1. The van der Waals surface area contributed by atoms with Gasteiger partial charge in [-0.3, -0.25) is 14.9 Å². The maximum atomic E-state index is 11.3. The molecule has 1 aromatic rings. The van der Waals surface area contributed by atoms with Crippen molar-refractivity contribution < 1.29 is 14.5 Å². The molecule has 0 aliphatic rings. The van der Waals surface area contributed by atoms with E-state index in [1.54, 1.807) is 13.0 Å². The molecule has 0 saturated heterocycles. The molecule has 0 spiro atoms. The van der Waals surface area contributed by atoms with Crippen LogP contribution >= 0.6 is 27.5 Å². The van der Waals surface area contributed by atoms with Gasteiger partial charge in [0.1, 0.15) is 5.02 Å². The zero-order valence-electron chi connectivity index (χ0n) is 9.61. The minimum absolute atomic E-state index is 0.0243. The number of carbonyl (C=O) groups is 1. The number of ether oxygens (including phenoxy) is 1. The summed E-state index contributed by atoms with van der Waals surface area (Å²) in [5, 5.41) is 11.2. The van der Waals surface area contributed by atoms with Crippen LogP contribution in [0.25, 0.3) is 0 Å². The van der Waals surface area contributed by atoms with E-state index in [2.05, 4.69) is 15.9 Å². The number of hydrogen-bond acceptors (Lipinski definition) is 4. The molecule has 98 valence electrons. The van der Waals surface area contributed by atoms with Crippen LogP contribution in [-0.4, -0.2) is 17.5 Å². The summed E-state index contributed by atoms with van der Waals surface area (Å²) in [6.45, 7) is 2.01. The molecular formula is C11H11BrClNO4. The fraction of sp³-hybridized carbons (Fsp3) is 0.364. The van der Waals surface area contributed by atoms with Crippen molar-refractivity contribution in [3.05, 3.63) is 38.4 Å². The number of nitro benzene ring substituents is 1. The van der Waals surface area contributed by atoms with Gasteiger partial charge >= 0.3 is 5.97 Å². The van der Waals surface area contributed by atoms with Crippen molar-refractivity contribution >= 4 is 39.2 Å². The van der Waals surface area contributed by atoms with Crippen molar-refractivity contribution in [1.29, 1.82) is 0 Å². The zero-order valence-corrected chi connectivity index (χ0v) is 12.0. The minimum atomic E-state index is -0.535. The highest BCUT2D eigenvalue weighted by atomic mass is 79.9. The Balaban J connectivity index is 3.07. The van der Waals surface area contributed by atoms with E-state index in [9.17, 15) is 14.9 Å². The normalized spacial score (nSPS) is 10.2. The van der Waals surface area contributed by atoms with Crippen LogP contribution in [0.15, 0.2) is 12.1 Å². The first-order valence-electron chi connectivity index (χ1n) is 5.16. The standard InChI is InChI=1S/C11H11BrClNO4/c1-2-18-10(15)5-7-3-8(6-12)11(14(16)17)9(13)4-7/h3-4H,2,5-6H2,1H3. The Kier molecular flexibility index (Phi) is 5.55. The number of carbonyl (C=O) groups excluding carboxylic acids is 1. The number of esters is 1. The lowest BCUT2D eigenvalue weighted by Gasteiger charge is -2.06. The maximum Gasteiger partial charge on any atom is 0.310 e. The Morgan fingerprint density at radius 1 is 1.56 bits per heavy atom. The third-order valence-corrected chi connectivity index (χ3v) is 3.07. The van der Waals surface area contributed by atoms with Crippen molar-refractivity contribution in [1.82, 2.24) is 0 Å². The molecule has 0 bridgehead atoms. The monoisotopic (exact) mass is 335 g/mol. The average molecular weight is 337 g/mol. The van der Waals surface area contributed by atoms with E-state index < -0.39 is 4.92 Å². The van der Waals surface area contributed by atoms with Gasteiger partial charge in [-0.15, -0.1) is 0 Å². The Morgan fingerprint density at radius 2 is 2.22 bits per heavy atom. The maximum absolute atomic E-state index is 11.3. The van der Waals surface area contributed by atoms with Crippen LogP contribution in [-0.2, 0) is 21.3 Å². The van der Waals surface area contributed by atoms with Crippen LogP contribution in [0.5, 0.6) is 0 Å².